The van der Waals surface area contributed by atoms with Crippen molar-refractivity contribution >= 4 is 29.0 Å². The van der Waals surface area contributed by atoms with Crippen LogP contribution in [0.5, 0.6) is 5.75 Å². The van der Waals surface area contributed by atoms with Gasteiger partial charge in [-0.1, -0.05) is 11.6 Å². The Morgan fingerprint density at radius 1 is 1.33 bits per heavy atom. The molecule has 21 heavy (non-hydrogen) atoms. The van der Waals surface area contributed by atoms with Crippen LogP contribution in [0.15, 0.2) is 30.3 Å². The van der Waals surface area contributed by atoms with Crippen LogP contribution in [0.25, 0.3) is 0 Å². The van der Waals surface area contributed by atoms with Crippen molar-refractivity contribution in [1.29, 1.82) is 0 Å². The molecule has 0 saturated heterocycles. The van der Waals surface area contributed by atoms with Gasteiger partial charge in [0.2, 0.25) is 0 Å². The molecule has 0 atom stereocenters. The molecule has 7 heteroatoms. The summed E-state index contributed by atoms with van der Waals surface area (Å²) >= 11 is 5.84. The highest BCUT2D eigenvalue weighted by Gasteiger charge is 2.10. The van der Waals surface area contributed by atoms with E-state index in [4.69, 9.17) is 22.2 Å². The van der Waals surface area contributed by atoms with Crippen molar-refractivity contribution in [3.8, 4) is 5.75 Å². The number of methoxy groups -OCH3 is 1. The number of amides is 1. The maximum atomic E-state index is 12.2. The summed E-state index contributed by atoms with van der Waals surface area (Å²) < 4.78 is 5.18. The zero-order valence-electron chi connectivity index (χ0n) is 11.6. The summed E-state index contributed by atoms with van der Waals surface area (Å²) in [7, 11) is 1.60. The van der Waals surface area contributed by atoms with Crippen molar-refractivity contribution in [3.63, 3.8) is 0 Å². The summed E-state index contributed by atoms with van der Waals surface area (Å²) in [6, 6.07) is 8.35. The number of nitrogens with zero attached hydrogens (tertiary/aromatic N) is 1. The fourth-order valence-electron chi connectivity index (χ4n) is 1.86. The first-order valence-electron chi connectivity index (χ1n) is 6.13. The number of hydrazine groups is 1. The molecule has 0 aliphatic carbocycles. The SMILES string of the molecule is COc1ccc(NC(=O)c2cc(Cl)nc(NN)c2)cc1C. The van der Waals surface area contributed by atoms with Gasteiger partial charge < -0.3 is 15.5 Å². The van der Waals surface area contributed by atoms with E-state index < -0.39 is 0 Å². The molecule has 4 N–H and O–H groups in total. The Hall–Kier alpha value is -2.31. The van der Waals surface area contributed by atoms with Crippen molar-refractivity contribution in [2.75, 3.05) is 17.9 Å². The topological polar surface area (TPSA) is 89.3 Å². The maximum absolute atomic E-state index is 12.2. The average molecular weight is 307 g/mol. The fraction of sp³-hybridized carbons (Fsp3) is 0.143. The number of nitrogens with one attached hydrogen (secondary N) is 2. The highest BCUT2D eigenvalue weighted by atomic mass is 35.5. The summed E-state index contributed by atoms with van der Waals surface area (Å²) in [5, 5.41) is 2.96. The predicted molar refractivity (Wildman–Crippen MR) is 82.7 cm³/mol. The number of nitrogen functional groups attached to an aromatic ring is 1. The Morgan fingerprint density at radius 3 is 2.71 bits per heavy atom. The maximum Gasteiger partial charge on any atom is 0.255 e. The Morgan fingerprint density at radius 2 is 2.10 bits per heavy atom. The largest absolute Gasteiger partial charge is 0.496 e. The number of hydrogen-bond acceptors (Lipinski definition) is 5. The van der Waals surface area contributed by atoms with Gasteiger partial charge in [0.25, 0.3) is 5.91 Å². The zero-order chi connectivity index (χ0) is 15.4. The Kier molecular flexibility index (Phi) is 4.62. The quantitative estimate of drug-likeness (QED) is 0.459. The van der Waals surface area contributed by atoms with Gasteiger partial charge in [-0.05, 0) is 42.8 Å². The Labute approximate surface area is 127 Å². The highest BCUT2D eigenvalue weighted by Crippen LogP contribution is 2.22. The van der Waals surface area contributed by atoms with Crippen LogP contribution in [0.4, 0.5) is 11.5 Å². The lowest BCUT2D eigenvalue weighted by Gasteiger charge is -2.10. The molecule has 1 aromatic heterocycles. The van der Waals surface area contributed by atoms with E-state index in [1.54, 1.807) is 19.2 Å². The monoisotopic (exact) mass is 306 g/mol. The first-order valence-corrected chi connectivity index (χ1v) is 6.51. The number of hydrogen-bond donors (Lipinski definition) is 3. The summed E-state index contributed by atoms with van der Waals surface area (Å²) in [6.45, 7) is 1.90. The van der Waals surface area contributed by atoms with Crippen molar-refractivity contribution in [2.45, 2.75) is 6.92 Å². The normalized spacial score (nSPS) is 10.1. The molecule has 0 aliphatic heterocycles. The van der Waals surface area contributed by atoms with E-state index in [0.717, 1.165) is 11.3 Å². The number of anilines is 2. The molecule has 1 aromatic carbocycles. The second-order valence-corrected chi connectivity index (χ2v) is 4.73. The predicted octanol–water partition coefficient (Wildman–Crippen LogP) is 2.59. The van der Waals surface area contributed by atoms with Gasteiger partial charge in [0.15, 0.2) is 0 Å². The zero-order valence-corrected chi connectivity index (χ0v) is 12.4. The number of nitrogens with two attached hydrogens (primary N) is 1. The highest BCUT2D eigenvalue weighted by molar-refractivity contribution is 6.30. The van der Waals surface area contributed by atoms with E-state index in [9.17, 15) is 4.79 Å². The lowest BCUT2D eigenvalue weighted by molar-refractivity contribution is 0.102. The second kappa shape index (κ2) is 6.43. The third-order valence-corrected chi connectivity index (χ3v) is 3.05. The van der Waals surface area contributed by atoms with E-state index in [-0.39, 0.29) is 11.1 Å². The molecule has 1 heterocycles. The van der Waals surface area contributed by atoms with Crippen molar-refractivity contribution < 1.29 is 9.53 Å². The smallest absolute Gasteiger partial charge is 0.255 e. The minimum Gasteiger partial charge on any atom is -0.496 e. The molecule has 110 valence electrons. The molecule has 1 amide bonds. The lowest BCUT2D eigenvalue weighted by Crippen LogP contribution is -2.14. The van der Waals surface area contributed by atoms with E-state index in [1.807, 2.05) is 13.0 Å². The molecule has 6 nitrogen and oxygen atoms in total. The molecule has 0 unspecified atom stereocenters. The molecule has 0 radical (unpaired) electrons. The molecule has 2 rings (SSSR count). The Balaban J connectivity index is 2.21. The summed E-state index contributed by atoms with van der Waals surface area (Å²) in [6.07, 6.45) is 0. The van der Waals surface area contributed by atoms with Gasteiger partial charge in [-0.15, -0.1) is 0 Å². The van der Waals surface area contributed by atoms with Gasteiger partial charge in [-0.2, -0.15) is 0 Å². The van der Waals surface area contributed by atoms with Crippen LogP contribution in [0.2, 0.25) is 5.15 Å². The summed E-state index contributed by atoms with van der Waals surface area (Å²) in [5.74, 6) is 6.05. The van der Waals surface area contributed by atoms with E-state index in [2.05, 4.69) is 15.7 Å². The first kappa shape index (κ1) is 15.1. The summed E-state index contributed by atoms with van der Waals surface area (Å²) in [5.41, 5.74) is 4.30. The van der Waals surface area contributed by atoms with Crippen LogP contribution in [-0.4, -0.2) is 18.0 Å². The molecule has 2 aromatic rings. The molecule has 0 aliphatic rings. The molecule has 0 fully saturated rings. The molecule has 0 spiro atoms. The van der Waals surface area contributed by atoms with Crippen molar-refractivity contribution in [2.24, 2.45) is 5.84 Å². The third kappa shape index (κ3) is 3.62. The van der Waals surface area contributed by atoms with Gasteiger partial charge in [0.05, 0.1) is 7.11 Å². The van der Waals surface area contributed by atoms with E-state index in [0.29, 0.717) is 17.1 Å². The summed E-state index contributed by atoms with van der Waals surface area (Å²) in [4.78, 5) is 16.1. The minimum absolute atomic E-state index is 0.182. The number of halogens is 1. The standard InChI is InChI=1S/C14H15ClN4O2/c1-8-5-10(3-4-11(8)21-2)17-14(20)9-6-12(15)18-13(7-9)19-16/h3-7H,16H2,1-2H3,(H,17,20)(H,18,19). The van der Waals surface area contributed by atoms with Crippen LogP contribution < -0.4 is 21.3 Å². The number of ether oxygens (including phenoxy) is 1. The molecule has 0 saturated carbocycles. The van der Waals surface area contributed by atoms with Gasteiger partial charge >= 0.3 is 0 Å². The Bertz CT molecular complexity index is 676. The number of carbonyl (C=O) groups is 1. The number of aromatic nitrogens is 1. The van der Waals surface area contributed by atoms with Gasteiger partial charge in [0.1, 0.15) is 16.7 Å². The number of rotatable bonds is 4. The number of carbonyl (C=O) groups excluding carboxylic acids is 1. The number of benzene rings is 1. The third-order valence-electron chi connectivity index (χ3n) is 2.86. The first-order chi connectivity index (χ1) is 10.0. The van der Waals surface area contributed by atoms with Crippen LogP contribution >= 0.6 is 11.6 Å². The molecular weight excluding hydrogens is 292 g/mol. The second-order valence-electron chi connectivity index (χ2n) is 4.35. The van der Waals surface area contributed by atoms with Gasteiger partial charge in [0, 0.05) is 11.3 Å². The van der Waals surface area contributed by atoms with Crippen LogP contribution in [-0.2, 0) is 0 Å². The fourth-order valence-corrected chi connectivity index (χ4v) is 2.07. The van der Waals surface area contributed by atoms with E-state index >= 15 is 0 Å². The van der Waals surface area contributed by atoms with Crippen LogP contribution in [0, 0.1) is 6.92 Å². The van der Waals surface area contributed by atoms with Crippen molar-refractivity contribution in [3.05, 3.63) is 46.6 Å². The van der Waals surface area contributed by atoms with E-state index in [1.165, 1.54) is 12.1 Å². The molecular formula is C14H15ClN4O2. The van der Waals surface area contributed by atoms with Crippen LogP contribution in [0.3, 0.4) is 0 Å². The van der Waals surface area contributed by atoms with Gasteiger partial charge in [-0.3, -0.25) is 4.79 Å². The van der Waals surface area contributed by atoms with Crippen LogP contribution in [0.1, 0.15) is 15.9 Å². The number of aryl methyl sites for hydroxylation is 1. The molecule has 0 bridgehead atoms. The average Bonchev–Trinajstić information content (AvgIpc) is 2.46. The minimum atomic E-state index is -0.305. The van der Waals surface area contributed by atoms with Gasteiger partial charge in [-0.25, -0.2) is 10.8 Å². The van der Waals surface area contributed by atoms with Crippen molar-refractivity contribution in [1.82, 2.24) is 4.98 Å². The lowest BCUT2D eigenvalue weighted by atomic mass is 10.2. The number of pyridine rings is 1.